The van der Waals surface area contributed by atoms with E-state index in [-0.39, 0.29) is 33.6 Å². The molecule has 42 heavy (non-hydrogen) atoms. The first-order chi connectivity index (χ1) is 20.1. The first-order valence-electron chi connectivity index (χ1n) is 13.6. The average Bonchev–Trinajstić information content (AvgIpc) is 3.00. The molecule has 206 valence electrons. The molecule has 0 aliphatic carbocycles. The van der Waals surface area contributed by atoms with Gasteiger partial charge in [-0.3, -0.25) is 19.2 Å². The van der Waals surface area contributed by atoms with Crippen molar-refractivity contribution in [2.45, 2.75) is 27.7 Å². The highest BCUT2D eigenvalue weighted by Gasteiger charge is 2.29. The minimum atomic E-state index is -0.811. The molecule has 0 amide bonds. The number of benzene rings is 4. The zero-order chi connectivity index (χ0) is 30.0. The van der Waals surface area contributed by atoms with Crippen LogP contribution in [-0.2, 0) is 0 Å². The van der Waals surface area contributed by atoms with Gasteiger partial charge in [0, 0.05) is 22.3 Å². The molecule has 0 aliphatic heterocycles. The van der Waals surface area contributed by atoms with Crippen molar-refractivity contribution in [1.82, 2.24) is 4.98 Å². The maximum atomic E-state index is 13.8. The standard InChI is InChI=1S/C37H29NO4/c1-22-5-13-26(14-6-22)32-30(36(41)34(39)28-17-9-24(3)10-18-28)21-31(33(38-32)27-15-7-23(2)8-16-27)37(42)35(40)29-19-11-25(4)12-20-29/h5-21H,1-4H3. The topological polar surface area (TPSA) is 81.2 Å². The lowest BCUT2D eigenvalue weighted by Crippen LogP contribution is -2.21. The Morgan fingerprint density at radius 1 is 0.405 bits per heavy atom. The molecule has 0 bridgehead atoms. The van der Waals surface area contributed by atoms with Crippen molar-refractivity contribution < 1.29 is 19.2 Å². The van der Waals surface area contributed by atoms with Gasteiger partial charge in [-0.25, -0.2) is 4.98 Å². The van der Waals surface area contributed by atoms with E-state index in [2.05, 4.69) is 0 Å². The van der Waals surface area contributed by atoms with Crippen LogP contribution in [0.4, 0.5) is 0 Å². The van der Waals surface area contributed by atoms with E-state index in [4.69, 9.17) is 4.98 Å². The van der Waals surface area contributed by atoms with Crippen LogP contribution in [0.5, 0.6) is 0 Å². The molecule has 0 N–H and O–H groups in total. The molecule has 0 atom stereocenters. The summed E-state index contributed by atoms with van der Waals surface area (Å²) in [6.45, 7) is 7.67. The van der Waals surface area contributed by atoms with Gasteiger partial charge in [-0.15, -0.1) is 0 Å². The highest BCUT2D eigenvalue weighted by Crippen LogP contribution is 2.32. The number of aryl methyl sites for hydroxylation is 4. The summed E-state index contributed by atoms with van der Waals surface area (Å²) in [6, 6.07) is 29.6. The molecule has 0 saturated carbocycles. The SMILES string of the molecule is Cc1ccc(C(=O)C(=O)c2cc(C(=O)C(=O)c3ccc(C)cc3)c(-c3ccc(C)cc3)nc2-c2ccc(C)cc2)cc1. The number of carbonyl (C=O) groups excluding carboxylic acids is 4. The lowest BCUT2D eigenvalue weighted by molar-refractivity contribution is 0.0812. The fourth-order valence-electron chi connectivity index (χ4n) is 4.64. The van der Waals surface area contributed by atoms with Gasteiger partial charge >= 0.3 is 0 Å². The monoisotopic (exact) mass is 551 g/mol. The van der Waals surface area contributed by atoms with Crippen LogP contribution in [0.25, 0.3) is 22.5 Å². The van der Waals surface area contributed by atoms with Crippen molar-refractivity contribution in [3.8, 4) is 22.5 Å². The number of ketones is 4. The summed E-state index contributed by atoms with van der Waals surface area (Å²) >= 11 is 0. The second-order valence-corrected chi connectivity index (χ2v) is 10.6. The molecule has 4 aromatic carbocycles. The molecule has 0 spiro atoms. The number of Topliss-reactive ketones (excluding diaryl/α,β-unsaturated/α-hetero) is 4. The average molecular weight is 552 g/mol. The lowest BCUT2D eigenvalue weighted by atomic mass is 9.90. The van der Waals surface area contributed by atoms with Crippen LogP contribution in [0.2, 0.25) is 0 Å². The quantitative estimate of drug-likeness (QED) is 0.145. The Hall–Kier alpha value is -5.29. The van der Waals surface area contributed by atoms with E-state index in [9.17, 15) is 19.2 Å². The summed E-state index contributed by atoms with van der Waals surface area (Å²) in [5.74, 6) is -3.07. The number of hydrogen-bond donors (Lipinski definition) is 0. The van der Waals surface area contributed by atoms with Crippen LogP contribution < -0.4 is 0 Å². The van der Waals surface area contributed by atoms with E-state index in [0.717, 1.165) is 22.3 Å². The van der Waals surface area contributed by atoms with Gasteiger partial charge in [0.25, 0.3) is 0 Å². The summed E-state index contributed by atoms with van der Waals surface area (Å²) in [7, 11) is 0. The summed E-state index contributed by atoms with van der Waals surface area (Å²) < 4.78 is 0. The Kier molecular flexibility index (Phi) is 7.85. The fourth-order valence-corrected chi connectivity index (χ4v) is 4.64. The van der Waals surface area contributed by atoms with Crippen LogP contribution in [0.1, 0.15) is 63.7 Å². The van der Waals surface area contributed by atoms with Crippen LogP contribution in [0.3, 0.4) is 0 Å². The number of pyridine rings is 1. The Bertz CT molecular complexity index is 1700. The third kappa shape index (κ3) is 5.77. The van der Waals surface area contributed by atoms with Crippen molar-refractivity contribution in [2.75, 3.05) is 0 Å². The molecule has 1 heterocycles. The Morgan fingerprint density at radius 3 is 1.00 bits per heavy atom. The normalized spacial score (nSPS) is 10.8. The van der Waals surface area contributed by atoms with Gasteiger partial charge in [-0.2, -0.15) is 0 Å². The van der Waals surface area contributed by atoms with Gasteiger partial charge in [-0.1, -0.05) is 119 Å². The molecular weight excluding hydrogens is 522 g/mol. The fraction of sp³-hybridized carbons (Fsp3) is 0.108. The largest absolute Gasteiger partial charge is 0.285 e. The number of rotatable bonds is 8. The molecule has 5 heteroatoms. The molecule has 5 nitrogen and oxygen atoms in total. The number of aromatic nitrogens is 1. The van der Waals surface area contributed by atoms with Gasteiger partial charge in [0.2, 0.25) is 23.1 Å². The molecule has 5 aromatic rings. The second-order valence-electron chi connectivity index (χ2n) is 10.6. The van der Waals surface area contributed by atoms with Gasteiger partial charge in [0.15, 0.2) is 0 Å². The number of nitrogens with zero attached hydrogens (tertiary/aromatic N) is 1. The van der Waals surface area contributed by atoms with Crippen molar-refractivity contribution in [2.24, 2.45) is 0 Å². The van der Waals surface area contributed by atoms with E-state index < -0.39 is 23.1 Å². The van der Waals surface area contributed by atoms with Crippen molar-refractivity contribution in [1.29, 1.82) is 0 Å². The van der Waals surface area contributed by atoms with Crippen LogP contribution in [0.15, 0.2) is 103 Å². The van der Waals surface area contributed by atoms with E-state index in [1.54, 1.807) is 48.5 Å². The third-order valence-electron chi connectivity index (χ3n) is 7.20. The zero-order valence-electron chi connectivity index (χ0n) is 23.9. The van der Waals surface area contributed by atoms with Gasteiger partial charge in [-0.05, 0) is 33.8 Å². The van der Waals surface area contributed by atoms with Gasteiger partial charge in [0.05, 0.1) is 22.5 Å². The first-order valence-corrected chi connectivity index (χ1v) is 13.6. The molecule has 1 aromatic heterocycles. The van der Waals surface area contributed by atoms with Crippen LogP contribution in [0, 0.1) is 27.7 Å². The molecule has 0 radical (unpaired) electrons. The van der Waals surface area contributed by atoms with Gasteiger partial charge in [0.1, 0.15) is 0 Å². The number of hydrogen-bond acceptors (Lipinski definition) is 5. The van der Waals surface area contributed by atoms with E-state index >= 15 is 0 Å². The molecule has 0 unspecified atom stereocenters. The maximum Gasteiger partial charge on any atom is 0.235 e. The molecule has 0 saturated heterocycles. The lowest BCUT2D eigenvalue weighted by Gasteiger charge is -2.15. The highest BCUT2D eigenvalue weighted by atomic mass is 16.2. The maximum absolute atomic E-state index is 13.8. The van der Waals surface area contributed by atoms with E-state index in [1.165, 1.54) is 6.07 Å². The first kappa shape index (κ1) is 28.2. The molecule has 0 fully saturated rings. The highest BCUT2D eigenvalue weighted by molar-refractivity contribution is 6.52. The van der Waals surface area contributed by atoms with Crippen LogP contribution >= 0.6 is 0 Å². The second kappa shape index (κ2) is 11.7. The molecule has 0 aliphatic rings. The minimum absolute atomic E-state index is 0.0413. The van der Waals surface area contributed by atoms with Crippen molar-refractivity contribution in [3.05, 3.63) is 148 Å². The summed E-state index contributed by atoms with van der Waals surface area (Å²) in [6.07, 6.45) is 0. The van der Waals surface area contributed by atoms with E-state index in [1.807, 2.05) is 76.2 Å². The van der Waals surface area contributed by atoms with Crippen molar-refractivity contribution in [3.63, 3.8) is 0 Å². The van der Waals surface area contributed by atoms with Gasteiger partial charge < -0.3 is 0 Å². The van der Waals surface area contributed by atoms with Crippen LogP contribution in [-0.4, -0.2) is 28.1 Å². The van der Waals surface area contributed by atoms with E-state index in [0.29, 0.717) is 11.1 Å². The Morgan fingerprint density at radius 2 is 0.690 bits per heavy atom. The predicted molar refractivity (Wildman–Crippen MR) is 164 cm³/mol. The Balaban J connectivity index is 1.74. The molecule has 5 rings (SSSR count). The third-order valence-corrected chi connectivity index (χ3v) is 7.20. The summed E-state index contributed by atoms with van der Waals surface area (Å²) in [5, 5.41) is 0. The number of carbonyl (C=O) groups is 4. The minimum Gasteiger partial charge on any atom is -0.285 e. The summed E-state index contributed by atoms with van der Waals surface area (Å²) in [4.78, 5) is 59.4. The Labute approximate surface area is 244 Å². The summed E-state index contributed by atoms with van der Waals surface area (Å²) in [5.41, 5.74) is 6.03. The predicted octanol–water partition coefficient (Wildman–Crippen LogP) is 7.78. The molecular formula is C37H29NO4. The zero-order valence-corrected chi connectivity index (χ0v) is 23.9. The smallest absolute Gasteiger partial charge is 0.235 e. The van der Waals surface area contributed by atoms with Crippen molar-refractivity contribution >= 4 is 23.1 Å².